The number of aromatic nitrogens is 3. The van der Waals surface area contributed by atoms with Gasteiger partial charge in [-0.3, -0.25) is 9.59 Å². The normalized spacial score (nSPS) is 25.9. The molecule has 2 unspecified atom stereocenters. The van der Waals surface area contributed by atoms with Gasteiger partial charge in [-0.05, 0) is 51.0 Å². The van der Waals surface area contributed by atoms with Crippen molar-refractivity contribution in [1.29, 1.82) is 0 Å². The van der Waals surface area contributed by atoms with Crippen LogP contribution in [0.2, 0.25) is 0 Å². The van der Waals surface area contributed by atoms with Gasteiger partial charge in [0.1, 0.15) is 11.6 Å². The lowest BCUT2D eigenvalue weighted by molar-refractivity contribution is -0.137. The Balaban J connectivity index is 1.28. The van der Waals surface area contributed by atoms with Crippen LogP contribution in [0, 0.1) is 12.8 Å². The molecule has 9 heteroatoms. The van der Waals surface area contributed by atoms with Crippen molar-refractivity contribution in [2.75, 3.05) is 0 Å². The molecule has 3 heterocycles. The van der Waals surface area contributed by atoms with Crippen LogP contribution in [-0.4, -0.2) is 49.5 Å². The topological polar surface area (TPSA) is 80.1 Å². The Morgan fingerprint density at radius 2 is 1.63 bits per heavy atom. The van der Waals surface area contributed by atoms with Crippen LogP contribution in [0.4, 0.5) is 8.78 Å². The Bertz CT molecular complexity index is 1130. The molecular formula is C29H39F2N5O2. The molecule has 1 saturated carbocycles. The SMILES string of the molecule is Cc1nnc(C(C)C)n1C1CC2CCC(C1)N2C(=O)C[C@H](NC(=O)C1CCC(F)(F)CC1)c1ccccc1. The summed E-state index contributed by atoms with van der Waals surface area (Å²) in [6.07, 6.45) is 3.69. The Kier molecular flexibility index (Phi) is 7.56. The van der Waals surface area contributed by atoms with Gasteiger partial charge in [-0.15, -0.1) is 10.2 Å². The summed E-state index contributed by atoms with van der Waals surface area (Å²) < 4.78 is 29.5. The molecule has 2 aromatic rings. The second kappa shape index (κ2) is 10.7. The maximum absolute atomic E-state index is 13.8. The summed E-state index contributed by atoms with van der Waals surface area (Å²) in [5, 5.41) is 11.8. The number of nitrogens with zero attached hydrogens (tertiary/aromatic N) is 4. The van der Waals surface area contributed by atoms with Gasteiger partial charge < -0.3 is 14.8 Å². The number of aryl methyl sites for hydroxylation is 1. The molecule has 3 aliphatic rings. The summed E-state index contributed by atoms with van der Waals surface area (Å²) in [5.41, 5.74) is 0.860. The van der Waals surface area contributed by atoms with Gasteiger partial charge >= 0.3 is 0 Å². The highest BCUT2D eigenvalue weighted by Crippen LogP contribution is 2.43. The molecular weight excluding hydrogens is 488 g/mol. The Hall–Kier alpha value is -2.84. The minimum atomic E-state index is -2.68. The quantitative estimate of drug-likeness (QED) is 0.517. The lowest BCUT2D eigenvalue weighted by Gasteiger charge is -2.41. The van der Waals surface area contributed by atoms with E-state index >= 15 is 0 Å². The van der Waals surface area contributed by atoms with Crippen molar-refractivity contribution < 1.29 is 18.4 Å². The fraction of sp³-hybridized carbons (Fsp3) is 0.655. The van der Waals surface area contributed by atoms with Crippen molar-refractivity contribution in [3.63, 3.8) is 0 Å². The summed E-state index contributed by atoms with van der Waals surface area (Å²) in [6.45, 7) is 6.26. The van der Waals surface area contributed by atoms with E-state index in [1.807, 2.05) is 37.3 Å². The zero-order valence-corrected chi connectivity index (χ0v) is 22.6. The maximum Gasteiger partial charge on any atom is 0.248 e. The van der Waals surface area contributed by atoms with E-state index in [0.29, 0.717) is 0 Å². The highest BCUT2D eigenvalue weighted by Gasteiger charge is 2.45. The molecule has 2 saturated heterocycles. The third-order valence-corrected chi connectivity index (χ3v) is 8.76. The maximum atomic E-state index is 13.8. The van der Waals surface area contributed by atoms with E-state index in [1.165, 1.54) is 0 Å². The van der Waals surface area contributed by atoms with Gasteiger partial charge in [-0.1, -0.05) is 44.2 Å². The minimum Gasteiger partial charge on any atom is -0.349 e. The second-order valence-corrected chi connectivity index (χ2v) is 11.7. The highest BCUT2D eigenvalue weighted by atomic mass is 19.3. The summed E-state index contributed by atoms with van der Waals surface area (Å²) in [6, 6.07) is 9.61. The van der Waals surface area contributed by atoms with E-state index in [0.717, 1.165) is 42.9 Å². The van der Waals surface area contributed by atoms with Crippen LogP contribution in [0.5, 0.6) is 0 Å². The fourth-order valence-corrected chi connectivity index (χ4v) is 6.81. The number of amides is 2. The average molecular weight is 528 g/mol. The Morgan fingerprint density at radius 3 is 2.24 bits per heavy atom. The van der Waals surface area contributed by atoms with Gasteiger partial charge in [0.2, 0.25) is 17.7 Å². The van der Waals surface area contributed by atoms with Crippen LogP contribution >= 0.6 is 0 Å². The molecule has 2 bridgehead atoms. The molecule has 1 N–H and O–H groups in total. The predicted octanol–water partition coefficient (Wildman–Crippen LogP) is 5.48. The Morgan fingerprint density at radius 1 is 1.00 bits per heavy atom. The van der Waals surface area contributed by atoms with Crippen LogP contribution in [0.15, 0.2) is 30.3 Å². The number of halogens is 2. The summed E-state index contributed by atoms with van der Waals surface area (Å²) in [4.78, 5) is 28.9. The van der Waals surface area contributed by atoms with E-state index in [-0.39, 0.29) is 68.0 Å². The zero-order chi connectivity index (χ0) is 27.0. The Labute approximate surface area is 223 Å². The molecule has 1 aromatic heterocycles. The summed E-state index contributed by atoms with van der Waals surface area (Å²) >= 11 is 0. The number of carbonyl (C=O) groups is 2. The highest BCUT2D eigenvalue weighted by molar-refractivity contribution is 5.82. The van der Waals surface area contributed by atoms with E-state index in [4.69, 9.17) is 0 Å². The first kappa shape index (κ1) is 26.8. The molecule has 0 radical (unpaired) electrons. The number of fused-ring (bicyclic) bond motifs is 2. The standard InChI is InChI=1S/C29H39F2N5O2/c1-18(2)27-34-33-19(3)35(27)24-15-22-9-10-23(16-24)36(22)26(37)17-25(20-7-5-4-6-8-20)32-28(38)21-11-13-29(30,31)14-12-21/h4-8,18,21-25H,9-17H2,1-3H3,(H,32,38)/t22?,23?,24?,25-/m0/s1. The number of carbonyl (C=O) groups excluding carboxylic acids is 2. The molecule has 3 fully saturated rings. The zero-order valence-electron chi connectivity index (χ0n) is 22.6. The lowest BCUT2D eigenvalue weighted by atomic mass is 9.86. The van der Waals surface area contributed by atoms with Crippen molar-refractivity contribution in [2.24, 2.45) is 5.92 Å². The largest absolute Gasteiger partial charge is 0.349 e. The second-order valence-electron chi connectivity index (χ2n) is 11.7. The third-order valence-electron chi connectivity index (χ3n) is 8.76. The number of benzene rings is 1. The van der Waals surface area contributed by atoms with Crippen molar-refractivity contribution >= 4 is 11.8 Å². The minimum absolute atomic E-state index is 0.0461. The van der Waals surface area contributed by atoms with Crippen LogP contribution in [0.1, 0.15) is 107 Å². The first-order chi connectivity index (χ1) is 18.1. The predicted molar refractivity (Wildman–Crippen MR) is 140 cm³/mol. The van der Waals surface area contributed by atoms with Gasteiger partial charge in [0.15, 0.2) is 0 Å². The van der Waals surface area contributed by atoms with Gasteiger partial charge in [-0.2, -0.15) is 0 Å². The van der Waals surface area contributed by atoms with Crippen LogP contribution in [0.25, 0.3) is 0 Å². The molecule has 38 heavy (non-hydrogen) atoms. The summed E-state index contributed by atoms with van der Waals surface area (Å²) in [5.74, 6) is -1.11. The summed E-state index contributed by atoms with van der Waals surface area (Å²) in [7, 11) is 0. The lowest BCUT2D eigenvalue weighted by Crippen LogP contribution is -2.48. The number of hydrogen-bond donors (Lipinski definition) is 1. The van der Waals surface area contributed by atoms with Gasteiger partial charge in [0.05, 0.1) is 12.5 Å². The van der Waals surface area contributed by atoms with Gasteiger partial charge in [0, 0.05) is 42.8 Å². The molecule has 3 atom stereocenters. The molecule has 5 rings (SSSR count). The van der Waals surface area contributed by atoms with Gasteiger partial charge in [0.25, 0.3) is 0 Å². The van der Waals surface area contributed by atoms with Crippen molar-refractivity contribution in [3.05, 3.63) is 47.5 Å². The molecule has 2 amide bonds. The van der Waals surface area contributed by atoms with Crippen LogP contribution < -0.4 is 5.32 Å². The number of hydrogen-bond acceptors (Lipinski definition) is 4. The van der Waals surface area contributed by atoms with E-state index in [2.05, 4.69) is 38.8 Å². The van der Waals surface area contributed by atoms with Gasteiger partial charge in [-0.25, -0.2) is 8.78 Å². The van der Waals surface area contributed by atoms with E-state index < -0.39 is 17.9 Å². The molecule has 2 aliphatic heterocycles. The molecule has 206 valence electrons. The van der Waals surface area contributed by atoms with Crippen molar-refractivity contribution in [1.82, 2.24) is 25.0 Å². The van der Waals surface area contributed by atoms with E-state index in [9.17, 15) is 18.4 Å². The van der Waals surface area contributed by atoms with Crippen LogP contribution in [0.3, 0.4) is 0 Å². The molecule has 0 spiro atoms. The average Bonchev–Trinajstić information content (AvgIpc) is 3.40. The number of rotatable bonds is 7. The molecule has 1 aliphatic carbocycles. The smallest absolute Gasteiger partial charge is 0.248 e. The first-order valence-corrected chi connectivity index (χ1v) is 14.1. The number of nitrogens with one attached hydrogen (secondary N) is 1. The monoisotopic (exact) mass is 527 g/mol. The van der Waals surface area contributed by atoms with Crippen molar-refractivity contribution in [3.8, 4) is 0 Å². The number of piperidine rings is 1. The van der Waals surface area contributed by atoms with Crippen LogP contribution in [-0.2, 0) is 9.59 Å². The first-order valence-electron chi connectivity index (χ1n) is 14.1. The fourth-order valence-electron chi connectivity index (χ4n) is 6.81. The van der Waals surface area contributed by atoms with Crippen molar-refractivity contribution in [2.45, 2.75) is 115 Å². The molecule has 7 nitrogen and oxygen atoms in total. The van der Waals surface area contributed by atoms with E-state index in [1.54, 1.807) is 0 Å². The third kappa shape index (κ3) is 5.47. The molecule has 1 aromatic carbocycles. The number of alkyl halides is 2.